The first-order valence-electron chi connectivity index (χ1n) is 7.93. The summed E-state index contributed by atoms with van der Waals surface area (Å²) in [5.74, 6) is -0.358. The van der Waals surface area contributed by atoms with Gasteiger partial charge in [-0.25, -0.2) is 4.79 Å². The number of aliphatic hydroxyl groups is 1. The molecule has 0 atom stereocenters. The quantitative estimate of drug-likeness (QED) is 0.814. The lowest BCUT2D eigenvalue weighted by Gasteiger charge is -2.37. The number of hydrogen-bond acceptors (Lipinski definition) is 5. The highest BCUT2D eigenvalue weighted by Gasteiger charge is 2.29. The molecule has 0 saturated heterocycles. The molecule has 1 fully saturated rings. The zero-order chi connectivity index (χ0) is 15.9. The van der Waals surface area contributed by atoms with Gasteiger partial charge in [-0.3, -0.25) is 0 Å². The predicted molar refractivity (Wildman–Crippen MR) is 85.4 cm³/mol. The lowest BCUT2D eigenvalue weighted by atomic mass is 9.90. The van der Waals surface area contributed by atoms with Crippen LogP contribution in [0.5, 0.6) is 0 Å². The van der Waals surface area contributed by atoms with Gasteiger partial charge in [0.1, 0.15) is 0 Å². The van der Waals surface area contributed by atoms with Crippen molar-refractivity contribution in [2.24, 2.45) is 0 Å². The van der Waals surface area contributed by atoms with E-state index in [0.29, 0.717) is 18.2 Å². The Balaban J connectivity index is 1.94. The van der Waals surface area contributed by atoms with Crippen LogP contribution in [-0.2, 0) is 4.84 Å². The van der Waals surface area contributed by atoms with Crippen LogP contribution in [0.4, 0.5) is 0 Å². The topological polar surface area (TPSA) is 53.0 Å². The Bertz CT molecular complexity index is 456. The fraction of sp³-hybridized carbons (Fsp3) is 0.588. The molecule has 122 valence electrons. The van der Waals surface area contributed by atoms with Crippen molar-refractivity contribution in [3.8, 4) is 0 Å². The second kappa shape index (κ2) is 8.27. The fourth-order valence-corrected chi connectivity index (χ4v) is 3.00. The largest absolute Gasteiger partial charge is 0.395 e. The van der Waals surface area contributed by atoms with E-state index < -0.39 is 0 Å². The summed E-state index contributed by atoms with van der Waals surface area (Å²) >= 11 is 0. The molecule has 1 N–H and O–H groups in total. The number of rotatable bonds is 6. The van der Waals surface area contributed by atoms with Crippen LogP contribution >= 0.6 is 0 Å². The number of aliphatic hydroxyl groups excluding tert-OH is 1. The predicted octanol–water partition coefficient (Wildman–Crippen LogP) is 1.93. The smallest absolute Gasteiger partial charge is 0.357 e. The first kappa shape index (κ1) is 16.9. The number of hydroxylamine groups is 2. The third kappa shape index (κ3) is 4.53. The van der Waals surface area contributed by atoms with E-state index in [4.69, 9.17) is 4.84 Å². The molecule has 2 rings (SSSR count). The summed E-state index contributed by atoms with van der Waals surface area (Å²) in [6.07, 6.45) is 4.13. The highest BCUT2D eigenvalue weighted by molar-refractivity contribution is 5.89. The molecular formula is C17H26N2O3. The maximum atomic E-state index is 12.2. The second-order valence-electron chi connectivity index (χ2n) is 6.04. The summed E-state index contributed by atoms with van der Waals surface area (Å²) in [6.45, 7) is 0.339. The lowest BCUT2D eigenvalue weighted by molar-refractivity contribution is -0.151. The molecule has 0 aromatic heterocycles. The molecule has 1 aromatic carbocycles. The van der Waals surface area contributed by atoms with E-state index in [1.165, 1.54) is 0 Å². The molecule has 1 aliphatic rings. The SMILES string of the molecule is CN(C)C1CCC(N(CCO)OC(=O)c2ccccc2)CC1. The molecule has 5 heteroatoms. The van der Waals surface area contributed by atoms with Crippen LogP contribution in [-0.4, -0.2) is 60.4 Å². The van der Waals surface area contributed by atoms with Crippen molar-refractivity contribution < 1.29 is 14.7 Å². The van der Waals surface area contributed by atoms with E-state index in [2.05, 4.69) is 19.0 Å². The van der Waals surface area contributed by atoms with Crippen LogP contribution < -0.4 is 0 Å². The number of nitrogens with zero attached hydrogens (tertiary/aromatic N) is 2. The van der Waals surface area contributed by atoms with E-state index in [1.54, 1.807) is 17.2 Å². The van der Waals surface area contributed by atoms with Gasteiger partial charge in [0.15, 0.2) is 0 Å². The van der Waals surface area contributed by atoms with E-state index in [-0.39, 0.29) is 18.6 Å². The molecule has 0 amide bonds. The summed E-state index contributed by atoms with van der Waals surface area (Å²) in [6, 6.07) is 9.76. The summed E-state index contributed by atoms with van der Waals surface area (Å²) in [5, 5.41) is 10.9. The van der Waals surface area contributed by atoms with Gasteiger partial charge in [0.05, 0.1) is 18.7 Å². The lowest BCUT2D eigenvalue weighted by Crippen LogP contribution is -2.44. The average molecular weight is 306 g/mol. The summed E-state index contributed by atoms with van der Waals surface area (Å²) < 4.78 is 0. The fourth-order valence-electron chi connectivity index (χ4n) is 3.00. The minimum Gasteiger partial charge on any atom is -0.395 e. The van der Waals surface area contributed by atoms with Crippen molar-refractivity contribution in [2.75, 3.05) is 27.2 Å². The second-order valence-corrected chi connectivity index (χ2v) is 6.04. The van der Waals surface area contributed by atoms with Crippen LogP contribution in [0.2, 0.25) is 0 Å². The van der Waals surface area contributed by atoms with Crippen LogP contribution in [0.1, 0.15) is 36.0 Å². The molecule has 0 unspecified atom stereocenters. The molecule has 0 radical (unpaired) electrons. The van der Waals surface area contributed by atoms with Crippen LogP contribution in [0, 0.1) is 0 Å². The Hall–Kier alpha value is -1.43. The minimum atomic E-state index is -0.358. The Labute approximate surface area is 132 Å². The van der Waals surface area contributed by atoms with Gasteiger partial charge in [-0.2, -0.15) is 0 Å². The van der Waals surface area contributed by atoms with Crippen molar-refractivity contribution in [3.63, 3.8) is 0 Å². The van der Waals surface area contributed by atoms with Gasteiger partial charge in [0.25, 0.3) is 0 Å². The van der Waals surface area contributed by atoms with Crippen molar-refractivity contribution >= 4 is 5.97 Å². The molecular weight excluding hydrogens is 280 g/mol. The third-order valence-corrected chi connectivity index (χ3v) is 4.33. The van der Waals surface area contributed by atoms with Gasteiger partial charge in [-0.15, -0.1) is 5.06 Å². The van der Waals surface area contributed by atoms with Gasteiger partial charge >= 0.3 is 5.97 Å². The first-order valence-corrected chi connectivity index (χ1v) is 7.93. The summed E-state index contributed by atoms with van der Waals surface area (Å²) in [7, 11) is 4.21. The van der Waals surface area contributed by atoms with Crippen molar-refractivity contribution in [3.05, 3.63) is 35.9 Å². The molecule has 5 nitrogen and oxygen atoms in total. The van der Waals surface area contributed by atoms with E-state index >= 15 is 0 Å². The highest BCUT2D eigenvalue weighted by atomic mass is 16.7. The normalized spacial score (nSPS) is 22.0. The van der Waals surface area contributed by atoms with Crippen LogP contribution in [0.15, 0.2) is 30.3 Å². The molecule has 1 aliphatic carbocycles. The zero-order valence-electron chi connectivity index (χ0n) is 13.4. The molecule has 1 aromatic rings. The Morgan fingerprint density at radius 3 is 2.27 bits per heavy atom. The van der Waals surface area contributed by atoms with Gasteiger partial charge < -0.3 is 14.8 Å². The molecule has 0 bridgehead atoms. The Kier molecular flexibility index (Phi) is 6.36. The third-order valence-electron chi connectivity index (χ3n) is 4.33. The van der Waals surface area contributed by atoms with Crippen molar-refractivity contribution in [2.45, 2.75) is 37.8 Å². The Morgan fingerprint density at radius 2 is 1.73 bits per heavy atom. The van der Waals surface area contributed by atoms with Gasteiger partial charge in [0, 0.05) is 12.1 Å². The van der Waals surface area contributed by atoms with Crippen molar-refractivity contribution in [1.82, 2.24) is 9.96 Å². The Morgan fingerprint density at radius 1 is 1.14 bits per heavy atom. The van der Waals surface area contributed by atoms with Crippen molar-refractivity contribution in [1.29, 1.82) is 0 Å². The number of carbonyl (C=O) groups excluding carboxylic acids is 1. The maximum absolute atomic E-state index is 12.2. The highest BCUT2D eigenvalue weighted by Crippen LogP contribution is 2.26. The van der Waals surface area contributed by atoms with Gasteiger partial charge in [-0.1, -0.05) is 18.2 Å². The molecule has 0 spiro atoms. The van der Waals surface area contributed by atoms with Gasteiger partial charge in [0.2, 0.25) is 0 Å². The standard InChI is InChI=1S/C17H26N2O3/c1-18(2)15-8-10-16(11-9-15)19(12-13-20)22-17(21)14-6-4-3-5-7-14/h3-7,15-16,20H,8-13H2,1-2H3. The average Bonchev–Trinajstić information content (AvgIpc) is 2.55. The van der Waals surface area contributed by atoms with Crippen LogP contribution in [0.3, 0.4) is 0 Å². The number of hydrogen-bond donors (Lipinski definition) is 1. The molecule has 0 heterocycles. The number of carbonyl (C=O) groups is 1. The summed E-state index contributed by atoms with van der Waals surface area (Å²) in [4.78, 5) is 20.0. The molecule has 0 aliphatic heterocycles. The van der Waals surface area contributed by atoms with E-state index in [1.807, 2.05) is 18.2 Å². The van der Waals surface area contributed by atoms with E-state index in [0.717, 1.165) is 25.7 Å². The summed E-state index contributed by atoms with van der Waals surface area (Å²) in [5.41, 5.74) is 0.535. The zero-order valence-corrected chi connectivity index (χ0v) is 13.4. The molecule has 1 saturated carbocycles. The number of benzene rings is 1. The van der Waals surface area contributed by atoms with Crippen LogP contribution in [0.25, 0.3) is 0 Å². The van der Waals surface area contributed by atoms with Gasteiger partial charge in [-0.05, 0) is 51.9 Å². The monoisotopic (exact) mass is 306 g/mol. The maximum Gasteiger partial charge on any atom is 0.357 e. The van der Waals surface area contributed by atoms with E-state index in [9.17, 15) is 9.90 Å². The molecule has 22 heavy (non-hydrogen) atoms. The first-order chi connectivity index (χ1) is 10.6. The minimum absolute atomic E-state index is 0.0182.